The number of hydrogen-bond donors (Lipinski definition) is 1. The van der Waals surface area contributed by atoms with E-state index in [1.165, 1.54) is 6.07 Å². The van der Waals surface area contributed by atoms with Gasteiger partial charge in [0.05, 0.1) is 17.2 Å². The fourth-order valence-electron chi connectivity index (χ4n) is 1.88. The molecular weight excluding hydrogens is 353 g/mol. The Morgan fingerprint density at radius 3 is 2.62 bits per heavy atom. The van der Waals surface area contributed by atoms with Gasteiger partial charge in [-0.25, -0.2) is 4.79 Å². The molecule has 0 atom stereocenters. The van der Waals surface area contributed by atoms with E-state index in [-0.39, 0.29) is 17.5 Å². The molecule has 2 rings (SSSR count). The van der Waals surface area contributed by atoms with Crippen molar-refractivity contribution in [2.45, 2.75) is 6.92 Å². The quantitative estimate of drug-likeness (QED) is 0.777. The first-order valence-electron chi connectivity index (χ1n) is 7.14. The maximum absolute atomic E-state index is 12.3. The van der Waals surface area contributed by atoms with Gasteiger partial charge < -0.3 is 14.8 Å². The van der Waals surface area contributed by atoms with E-state index in [0.29, 0.717) is 28.6 Å². The summed E-state index contributed by atoms with van der Waals surface area (Å²) in [6, 6.07) is 11.3. The first-order chi connectivity index (χ1) is 11.5. The second-order valence-electron chi connectivity index (χ2n) is 4.70. The predicted molar refractivity (Wildman–Crippen MR) is 93.0 cm³/mol. The van der Waals surface area contributed by atoms with Gasteiger partial charge in [-0.1, -0.05) is 29.3 Å². The molecule has 0 unspecified atom stereocenters. The molecule has 0 bridgehead atoms. The molecule has 1 N–H and O–H groups in total. The first-order valence-corrected chi connectivity index (χ1v) is 7.90. The van der Waals surface area contributed by atoms with E-state index in [4.69, 9.17) is 32.7 Å². The Balaban J connectivity index is 2.03. The molecule has 0 aliphatic rings. The van der Waals surface area contributed by atoms with Crippen LogP contribution in [-0.4, -0.2) is 25.1 Å². The van der Waals surface area contributed by atoms with Gasteiger partial charge in [-0.05, 0) is 37.3 Å². The van der Waals surface area contributed by atoms with Gasteiger partial charge in [0.2, 0.25) is 0 Å². The molecule has 24 heavy (non-hydrogen) atoms. The third-order valence-corrected chi connectivity index (χ3v) is 3.48. The van der Waals surface area contributed by atoms with E-state index in [9.17, 15) is 9.59 Å². The maximum atomic E-state index is 12.3. The van der Waals surface area contributed by atoms with E-state index in [1.807, 2.05) is 0 Å². The molecule has 0 saturated heterocycles. The summed E-state index contributed by atoms with van der Waals surface area (Å²) in [5, 5.41) is 3.42. The molecule has 0 radical (unpaired) electrons. The minimum Gasteiger partial charge on any atom is -0.482 e. The lowest BCUT2D eigenvalue weighted by Crippen LogP contribution is -2.15. The maximum Gasteiger partial charge on any atom is 0.344 e. The number of ether oxygens (including phenoxy) is 2. The molecule has 0 heterocycles. The van der Waals surface area contributed by atoms with Gasteiger partial charge in [0.15, 0.2) is 6.61 Å². The van der Waals surface area contributed by atoms with Crippen molar-refractivity contribution in [3.63, 3.8) is 0 Å². The average Bonchev–Trinajstić information content (AvgIpc) is 2.53. The number of nitrogens with one attached hydrogen (secondary N) is 1. The van der Waals surface area contributed by atoms with Gasteiger partial charge in [0, 0.05) is 16.8 Å². The summed E-state index contributed by atoms with van der Waals surface area (Å²) in [5.41, 5.74) is 0.811. The molecule has 0 aliphatic heterocycles. The molecule has 0 fully saturated rings. The van der Waals surface area contributed by atoms with Crippen LogP contribution in [0.15, 0.2) is 42.5 Å². The molecule has 2 aromatic carbocycles. The fraction of sp³-hybridized carbons (Fsp3) is 0.176. The standard InChI is InChI=1S/C17H15Cl2NO4/c1-2-23-16(21)10-24-13-5-3-4-12(9-13)20-17(22)14-7-6-11(18)8-15(14)19/h3-9H,2,10H2,1H3,(H,20,22). The van der Waals surface area contributed by atoms with Crippen molar-refractivity contribution in [2.75, 3.05) is 18.5 Å². The highest BCUT2D eigenvalue weighted by molar-refractivity contribution is 6.37. The van der Waals surface area contributed by atoms with E-state index in [2.05, 4.69) is 5.32 Å². The topological polar surface area (TPSA) is 64.6 Å². The van der Waals surface area contributed by atoms with Gasteiger partial charge in [0.25, 0.3) is 5.91 Å². The molecule has 7 heteroatoms. The monoisotopic (exact) mass is 367 g/mol. The van der Waals surface area contributed by atoms with Crippen LogP contribution in [0.2, 0.25) is 10.0 Å². The van der Waals surface area contributed by atoms with Gasteiger partial charge in [-0.2, -0.15) is 0 Å². The van der Waals surface area contributed by atoms with Crippen LogP contribution in [-0.2, 0) is 9.53 Å². The van der Waals surface area contributed by atoms with Gasteiger partial charge in [-0.3, -0.25) is 4.79 Å². The molecule has 0 saturated carbocycles. The third-order valence-electron chi connectivity index (χ3n) is 2.93. The Kier molecular flexibility index (Phi) is 6.46. The minimum atomic E-state index is -0.458. The minimum absolute atomic E-state index is 0.200. The zero-order valence-corrected chi connectivity index (χ0v) is 14.4. The summed E-state index contributed by atoms with van der Waals surface area (Å²) >= 11 is 11.8. The summed E-state index contributed by atoms with van der Waals surface area (Å²) in [4.78, 5) is 23.5. The Hall–Kier alpha value is -2.24. The molecule has 0 aliphatic carbocycles. The summed E-state index contributed by atoms with van der Waals surface area (Å²) < 4.78 is 10.1. The third kappa shape index (κ3) is 5.15. The van der Waals surface area contributed by atoms with Crippen LogP contribution >= 0.6 is 23.2 Å². The van der Waals surface area contributed by atoms with Crippen LogP contribution < -0.4 is 10.1 Å². The number of benzene rings is 2. The number of esters is 1. The normalized spacial score (nSPS) is 10.1. The highest BCUT2D eigenvalue weighted by atomic mass is 35.5. The number of carbonyl (C=O) groups excluding carboxylic acids is 2. The van der Waals surface area contributed by atoms with Crippen molar-refractivity contribution >= 4 is 40.8 Å². The number of hydrogen-bond acceptors (Lipinski definition) is 4. The van der Waals surface area contributed by atoms with Crippen molar-refractivity contribution in [3.05, 3.63) is 58.1 Å². The number of rotatable bonds is 6. The van der Waals surface area contributed by atoms with Crippen LogP contribution in [0.25, 0.3) is 0 Å². The lowest BCUT2D eigenvalue weighted by molar-refractivity contribution is -0.145. The van der Waals surface area contributed by atoms with Crippen molar-refractivity contribution in [2.24, 2.45) is 0 Å². The second kappa shape index (κ2) is 8.57. The van der Waals surface area contributed by atoms with Gasteiger partial charge >= 0.3 is 5.97 Å². The molecule has 0 spiro atoms. The number of anilines is 1. The van der Waals surface area contributed by atoms with Crippen molar-refractivity contribution in [1.29, 1.82) is 0 Å². The molecular formula is C17H15Cl2NO4. The molecule has 5 nitrogen and oxygen atoms in total. The Morgan fingerprint density at radius 1 is 1.12 bits per heavy atom. The molecule has 2 aromatic rings. The molecule has 126 valence electrons. The highest BCUT2D eigenvalue weighted by Crippen LogP contribution is 2.23. The van der Waals surface area contributed by atoms with E-state index in [1.54, 1.807) is 43.3 Å². The van der Waals surface area contributed by atoms with Gasteiger partial charge in [-0.15, -0.1) is 0 Å². The summed E-state index contributed by atoms with van der Waals surface area (Å²) in [6.07, 6.45) is 0. The SMILES string of the molecule is CCOC(=O)COc1cccc(NC(=O)c2ccc(Cl)cc2Cl)c1. The number of amides is 1. The lowest BCUT2D eigenvalue weighted by Gasteiger charge is -2.10. The average molecular weight is 368 g/mol. The Bertz CT molecular complexity index is 749. The van der Waals surface area contributed by atoms with Crippen molar-refractivity contribution in [1.82, 2.24) is 0 Å². The number of halogens is 2. The van der Waals surface area contributed by atoms with E-state index in [0.717, 1.165) is 0 Å². The summed E-state index contributed by atoms with van der Waals surface area (Å²) in [7, 11) is 0. The second-order valence-corrected chi connectivity index (χ2v) is 5.54. The van der Waals surface area contributed by atoms with E-state index < -0.39 is 5.97 Å². The zero-order chi connectivity index (χ0) is 17.5. The summed E-state index contributed by atoms with van der Waals surface area (Å²) in [5.74, 6) is -0.401. The fourth-order valence-corrected chi connectivity index (χ4v) is 2.37. The van der Waals surface area contributed by atoms with Crippen LogP contribution in [0.4, 0.5) is 5.69 Å². The lowest BCUT2D eigenvalue weighted by atomic mass is 10.2. The highest BCUT2D eigenvalue weighted by Gasteiger charge is 2.11. The molecule has 1 amide bonds. The van der Waals surface area contributed by atoms with Crippen LogP contribution in [0.1, 0.15) is 17.3 Å². The summed E-state index contributed by atoms with van der Waals surface area (Å²) in [6.45, 7) is 1.81. The van der Waals surface area contributed by atoms with E-state index >= 15 is 0 Å². The number of carbonyl (C=O) groups is 2. The Labute approximate surface area is 149 Å². The first kappa shape index (κ1) is 18.1. The van der Waals surface area contributed by atoms with Gasteiger partial charge in [0.1, 0.15) is 5.75 Å². The predicted octanol–water partition coefficient (Wildman–Crippen LogP) is 4.19. The zero-order valence-electron chi connectivity index (χ0n) is 12.8. The van der Waals surface area contributed by atoms with Crippen molar-refractivity contribution < 1.29 is 19.1 Å². The van der Waals surface area contributed by atoms with Crippen molar-refractivity contribution in [3.8, 4) is 5.75 Å². The molecule has 0 aromatic heterocycles. The Morgan fingerprint density at radius 2 is 1.92 bits per heavy atom. The smallest absolute Gasteiger partial charge is 0.344 e. The van der Waals surface area contributed by atoms with Crippen LogP contribution in [0.3, 0.4) is 0 Å². The van der Waals surface area contributed by atoms with Crippen LogP contribution in [0.5, 0.6) is 5.75 Å². The van der Waals surface area contributed by atoms with Crippen LogP contribution in [0, 0.1) is 0 Å². The largest absolute Gasteiger partial charge is 0.482 e.